The van der Waals surface area contributed by atoms with Gasteiger partial charge in [-0.15, -0.1) is 0 Å². The van der Waals surface area contributed by atoms with Crippen LogP contribution in [0, 0.1) is 0 Å². The van der Waals surface area contributed by atoms with E-state index < -0.39 is 17.5 Å². The molecule has 3 aromatic rings. The molecule has 0 aromatic heterocycles. The van der Waals surface area contributed by atoms with Gasteiger partial charge in [-0.2, -0.15) is 0 Å². The molecule has 0 spiro atoms. The second-order valence-corrected chi connectivity index (χ2v) is 8.39. The average Bonchev–Trinajstić information content (AvgIpc) is 2.83. The molecule has 176 valence electrons. The molecular formula is C28H29NO5. The molecular weight excluding hydrogens is 430 g/mol. The Morgan fingerprint density at radius 3 is 1.97 bits per heavy atom. The van der Waals surface area contributed by atoms with Crippen LogP contribution in [0.2, 0.25) is 0 Å². The third-order valence-electron chi connectivity index (χ3n) is 5.10. The van der Waals surface area contributed by atoms with Crippen molar-refractivity contribution in [3.63, 3.8) is 0 Å². The number of hydrogen-bond acceptors (Lipinski definition) is 6. The van der Waals surface area contributed by atoms with Gasteiger partial charge in [-0.3, -0.25) is 4.99 Å². The van der Waals surface area contributed by atoms with Gasteiger partial charge in [0.15, 0.2) is 0 Å². The summed E-state index contributed by atoms with van der Waals surface area (Å²) in [7, 11) is 1.62. The van der Waals surface area contributed by atoms with Crippen LogP contribution in [-0.2, 0) is 4.74 Å². The number of benzene rings is 3. The van der Waals surface area contributed by atoms with Crippen LogP contribution in [-0.4, -0.2) is 30.9 Å². The third-order valence-corrected chi connectivity index (χ3v) is 5.10. The predicted octanol–water partition coefficient (Wildman–Crippen LogP) is 6.40. The molecule has 3 aromatic carbocycles. The average molecular weight is 460 g/mol. The summed E-state index contributed by atoms with van der Waals surface area (Å²) in [6, 6.07) is 20.7. The first-order chi connectivity index (χ1) is 16.3. The monoisotopic (exact) mass is 459 g/mol. The SMILES string of the molecule is CCCC(C)(C)OC(=O)c1ccc(OC(=O)c2ccc(N=Cc3ccc(OC)cc3)cc2)cc1. The first-order valence-corrected chi connectivity index (χ1v) is 11.1. The van der Waals surface area contributed by atoms with Crippen molar-refractivity contribution in [2.75, 3.05) is 7.11 Å². The zero-order valence-corrected chi connectivity index (χ0v) is 19.9. The standard InChI is InChI=1S/C28H29NO5/c1-5-18-28(2,3)34-27(31)22-10-16-25(17-11-22)33-26(30)21-8-12-23(13-9-21)29-19-20-6-14-24(32-4)15-7-20/h6-17,19H,5,18H2,1-4H3. The lowest BCUT2D eigenvalue weighted by Crippen LogP contribution is -2.27. The lowest BCUT2D eigenvalue weighted by Gasteiger charge is -2.24. The maximum absolute atomic E-state index is 12.5. The molecule has 0 aliphatic carbocycles. The van der Waals surface area contributed by atoms with E-state index in [1.165, 1.54) is 0 Å². The molecule has 34 heavy (non-hydrogen) atoms. The number of carbonyl (C=O) groups is 2. The third kappa shape index (κ3) is 7.04. The fraction of sp³-hybridized carbons (Fsp3) is 0.250. The summed E-state index contributed by atoms with van der Waals surface area (Å²) < 4.78 is 16.1. The summed E-state index contributed by atoms with van der Waals surface area (Å²) in [5, 5.41) is 0. The second-order valence-electron chi connectivity index (χ2n) is 8.39. The van der Waals surface area contributed by atoms with Crippen molar-refractivity contribution < 1.29 is 23.8 Å². The van der Waals surface area contributed by atoms with E-state index in [1.807, 2.05) is 45.0 Å². The minimum Gasteiger partial charge on any atom is -0.497 e. The number of nitrogens with zero attached hydrogens (tertiary/aromatic N) is 1. The Morgan fingerprint density at radius 1 is 0.824 bits per heavy atom. The molecule has 0 fully saturated rings. The predicted molar refractivity (Wildman–Crippen MR) is 132 cm³/mol. The van der Waals surface area contributed by atoms with E-state index in [0.29, 0.717) is 22.6 Å². The minimum atomic E-state index is -0.526. The van der Waals surface area contributed by atoms with E-state index >= 15 is 0 Å². The van der Waals surface area contributed by atoms with Crippen LogP contribution in [0.1, 0.15) is 59.9 Å². The van der Waals surface area contributed by atoms with E-state index in [0.717, 1.165) is 24.2 Å². The number of aliphatic imine (C=N–C) groups is 1. The summed E-state index contributed by atoms with van der Waals surface area (Å²) in [5.74, 6) is 0.230. The molecule has 6 nitrogen and oxygen atoms in total. The molecule has 3 rings (SSSR count). The number of ether oxygens (including phenoxy) is 3. The molecule has 0 unspecified atom stereocenters. The van der Waals surface area contributed by atoms with Gasteiger partial charge in [-0.25, -0.2) is 9.59 Å². The maximum atomic E-state index is 12.5. The van der Waals surface area contributed by atoms with Crippen molar-refractivity contribution in [2.24, 2.45) is 4.99 Å². The fourth-order valence-electron chi connectivity index (χ4n) is 3.31. The number of hydrogen-bond donors (Lipinski definition) is 0. The summed E-state index contributed by atoms with van der Waals surface area (Å²) in [6.45, 7) is 5.82. The second kappa shape index (κ2) is 11.3. The molecule has 0 radical (unpaired) electrons. The van der Waals surface area contributed by atoms with Crippen molar-refractivity contribution in [1.29, 1.82) is 0 Å². The topological polar surface area (TPSA) is 74.2 Å². The van der Waals surface area contributed by atoms with Crippen LogP contribution in [0.15, 0.2) is 77.8 Å². The van der Waals surface area contributed by atoms with Crippen molar-refractivity contribution in [2.45, 2.75) is 39.2 Å². The van der Waals surface area contributed by atoms with Crippen LogP contribution in [0.5, 0.6) is 11.5 Å². The van der Waals surface area contributed by atoms with Crippen molar-refractivity contribution in [3.8, 4) is 11.5 Å². The van der Waals surface area contributed by atoms with E-state index in [4.69, 9.17) is 14.2 Å². The molecule has 0 atom stereocenters. The van der Waals surface area contributed by atoms with E-state index in [-0.39, 0.29) is 0 Å². The number of methoxy groups -OCH3 is 1. The molecule has 0 bridgehead atoms. The number of esters is 2. The molecule has 0 amide bonds. The number of rotatable bonds is 9. The maximum Gasteiger partial charge on any atom is 0.343 e. The van der Waals surface area contributed by atoms with Gasteiger partial charge >= 0.3 is 11.9 Å². The first-order valence-electron chi connectivity index (χ1n) is 11.1. The highest BCUT2D eigenvalue weighted by Gasteiger charge is 2.22. The van der Waals surface area contributed by atoms with Gasteiger partial charge in [0, 0.05) is 6.21 Å². The molecule has 0 heterocycles. The highest BCUT2D eigenvalue weighted by atomic mass is 16.6. The van der Waals surface area contributed by atoms with E-state index in [1.54, 1.807) is 61.9 Å². The van der Waals surface area contributed by atoms with E-state index in [9.17, 15) is 9.59 Å². The van der Waals surface area contributed by atoms with Gasteiger partial charge in [-0.05, 0) is 98.6 Å². The molecule has 0 saturated carbocycles. The highest BCUT2D eigenvalue weighted by Crippen LogP contribution is 2.21. The smallest absolute Gasteiger partial charge is 0.343 e. The van der Waals surface area contributed by atoms with Crippen LogP contribution in [0.3, 0.4) is 0 Å². The van der Waals surface area contributed by atoms with E-state index in [2.05, 4.69) is 4.99 Å². The molecule has 6 heteroatoms. The van der Waals surface area contributed by atoms with Crippen LogP contribution in [0.4, 0.5) is 5.69 Å². The van der Waals surface area contributed by atoms with Gasteiger partial charge in [-0.1, -0.05) is 13.3 Å². The Morgan fingerprint density at radius 2 is 1.38 bits per heavy atom. The number of carbonyl (C=O) groups excluding carboxylic acids is 2. The van der Waals surface area contributed by atoms with Crippen molar-refractivity contribution >= 4 is 23.8 Å². The highest BCUT2D eigenvalue weighted by molar-refractivity contribution is 5.92. The van der Waals surface area contributed by atoms with Crippen LogP contribution in [0.25, 0.3) is 0 Å². The van der Waals surface area contributed by atoms with Gasteiger partial charge in [0.25, 0.3) is 0 Å². The van der Waals surface area contributed by atoms with Gasteiger partial charge in [0.05, 0.1) is 23.9 Å². The quantitative estimate of drug-likeness (QED) is 0.210. The summed E-state index contributed by atoms with van der Waals surface area (Å²) >= 11 is 0. The Bertz CT molecular complexity index is 1130. The van der Waals surface area contributed by atoms with Crippen molar-refractivity contribution in [1.82, 2.24) is 0 Å². The van der Waals surface area contributed by atoms with Gasteiger partial charge in [0.2, 0.25) is 0 Å². The molecule has 0 N–H and O–H groups in total. The largest absolute Gasteiger partial charge is 0.497 e. The fourth-order valence-corrected chi connectivity index (χ4v) is 3.31. The van der Waals surface area contributed by atoms with Crippen LogP contribution < -0.4 is 9.47 Å². The Labute approximate surface area is 200 Å². The Kier molecular flexibility index (Phi) is 8.19. The lowest BCUT2D eigenvalue weighted by atomic mass is 10.0. The molecule has 0 saturated heterocycles. The zero-order chi connectivity index (χ0) is 24.6. The Balaban J connectivity index is 1.57. The summed E-state index contributed by atoms with van der Waals surface area (Å²) in [5.41, 5.74) is 1.92. The minimum absolute atomic E-state index is 0.343. The zero-order valence-electron chi connectivity index (χ0n) is 19.9. The summed E-state index contributed by atoms with van der Waals surface area (Å²) in [6.07, 6.45) is 3.44. The molecule has 0 aliphatic rings. The van der Waals surface area contributed by atoms with Gasteiger partial charge in [0.1, 0.15) is 17.1 Å². The van der Waals surface area contributed by atoms with Gasteiger partial charge < -0.3 is 14.2 Å². The Hall–Kier alpha value is -3.93. The normalized spacial score (nSPS) is 11.3. The lowest BCUT2D eigenvalue weighted by molar-refractivity contribution is -0.00472. The van der Waals surface area contributed by atoms with Crippen molar-refractivity contribution in [3.05, 3.63) is 89.5 Å². The first kappa shape index (κ1) is 24.7. The van der Waals surface area contributed by atoms with Crippen LogP contribution >= 0.6 is 0 Å². The molecule has 0 aliphatic heterocycles. The summed E-state index contributed by atoms with van der Waals surface area (Å²) in [4.78, 5) is 29.2.